The predicted molar refractivity (Wildman–Crippen MR) is 99.0 cm³/mol. The zero-order chi connectivity index (χ0) is 18.0. The van der Waals surface area contributed by atoms with Crippen LogP contribution in [0.4, 0.5) is 10.1 Å². The molecule has 0 radical (unpaired) electrons. The number of carbonyl (C=O) groups excluding carboxylic acids is 1. The smallest absolute Gasteiger partial charge is 0.267 e. The maximum Gasteiger partial charge on any atom is 0.267 e. The van der Waals surface area contributed by atoms with Crippen molar-refractivity contribution in [3.63, 3.8) is 0 Å². The fraction of sp³-hybridized carbons (Fsp3) is 0.312. The van der Waals surface area contributed by atoms with Crippen molar-refractivity contribution in [1.82, 2.24) is 4.31 Å². The summed E-state index contributed by atoms with van der Waals surface area (Å²) in [6, 6.07) is 5.68. The fourth-order valence-corrected chi connectivity index (χ4v) is 5.83. The Labute approximate surface area is 158 Å². The first-order valence-electron chi connectivity index (χ1n) is 7.73. The number of sulfonamides is 1. The molecule has 1 saturated heterocycles. The molecule has 0 atom stereocenters. The number of thiophene rings is 1. The summed E-state index contributed by atoms with van der Waals surface area (Å²) in [4.78, 5) is 12.5. The van der Waals surface area contributed by atoms with Crippen molar-refractivity contribution in [2.24, 2.45) is 0 Å². The van der Waals surface area contributed by atoms with Gasteiger partial charge in [0.2, 0.25) is 10.0 Å². The highest BCUT2D eigenvalue weighted by molar-refractivity contribution is 9.10. The standard InChI is InChI=1S/C16H16BrFN2O3S2/c17-11-4-5-13(12(18)10-11)19-16(21)15-14(6-9-24-15)25(22,23)20-7-2-1-3-8-20/h4-6,9-10H,1-3,7-8H2,(H,19,21). The van der Waals surface area contributed by atoms with Gasteiger partial charge >= 0.3 is 0 Å². The molecule has 2 aromatic rings. The van der Waals surface area contributed by atoms with Gasteiger partial charge in [-0.25, -0.2) is 12.8 Å². The number of hydrogen-bond acceptors (Lipinski definition) is 4. The third-order valence-electron chi connectivity index (χ3n) is 3.95. The van der Waals surface area contributed by atoms with Crippen molar-refractivity contribution in [2.75, 3.05) is 18.4 Å². The van der Waals surface area contributed by atoms with Crippen LogP contribution in [0.5, 0.6) is 0 Å². The Bertz CT molecular complexity index is 893. The monoisotopic (exact) mass is 446 g/mol. The molecule has 1 aliphatic heterocycles. The van der Waals surface area contributed by atoms with E-state index in [4.69, 9.17) is 0 Å². The molecule has 9 heteroatoms. The van der Waals surface area contributed by atoms with Gasteiger partial charge in [-0.3, -0.25) is 4.79 Å². The number of nitrogens with one attached hydrogen (secondary N) is 1. The zero-order valence-corrected chi connectivity index (χ0v) is 16.4. The van der Waals surface area contributed by atoms with Gasteiger partial charge in [0, 0.05) is 17.6 Å². The summed E-state index contributed by atoms with van der Waals surface area (Å²) >= 11 is 4.17. The molecule has 1 aliphatic rings. The molecular formula is C16H16BrFN2O3S2. The highest BCUT2D eigenvalue weighted by atomic mass is 79.9. The molecule has 1 N–H and O–H groups in total. The van der Waals surface area contributed by atoms with Gasteiger partial charge in [0.25, 0.3) is 5.91 Å². The summed E-state index contributed by atoms with van der Waals surface area (Å²) in [6.07, 6.45) is 2.63. The molecule has 2 heterocycles. The van der Waals surface area contributed by atoms with Crippen LogP contribution in [0.2, 0.25) is 0 Å². The molecule has 0 aliphatic carbocycles. The number of halogens is 2. The summed E-state index contributed by atoms with van der Waals surface area (Å²) in [5, 5.41) is 4.01. The van der Waals surface area contributed by atoms with E-state index in [1.807, 2.05) is 0 Å². The minimum absolute atomic E-state index is 0.00270. The highest BCUT2D eigenvalue weighted by Gasteiger charge is 2.31. The lowest BCUT2D eigenvalue weighted by Gasteiger charge is -2.25. The van der Waals surface area contributed by atoms with Crippen LogP contribution < -0.4 is 5.32 Å². The molecule has 25 heavy (non-hydrogen) atoms. The van der Waals surface area contributed by atoms with Crippen molar-refractivity contribution < 1.29 is 17.6 Å². The molecule has 1 fully saturated rings. The Hall–Kier alpha value is -1.29. The van der Waals surface area contributed by atoms with E-state index in [1.54, 1.807) is 11.4 Å². The zero-order valence-electron chi connectivity index (χ0n) is 13.2. The summed E-state index contributed by atoms with van der Waals surface area (Å²) in [5.41, 5.74) is 0.00270. The Morgan fingerprint density at radius 3 is 2.60 bits per heavy atom. The van der Waals surface area contributed by atoms with Gasteiger partial charge in [0.05, 0.1) is 5.69 Å². The molecule has 3 rings (SSSR count). The Balaban J connectivity index is 1.86. The number of amides is 1. The van der Waals surface area contributed by atoms with Crippen LogP contribution in [-0.4, -0.2) is 31.7 Å². The Morgan fingerprint density at radius 1 is 1.20 bits per heavy atom. The van der Waals surface area contributed by atoms with Crippen LogP contribution in [0.1, 0.15) is 28.9 Å². The van der Waals surface area contributed by atoms with Crippen LogP contribution in [0.25, 0.3) is 0 Å². The lowest BCUT2D eigenvalue weighted by atomic mass is 10.2. The summed E-state index contributed by atoms with van der Waals surface area (Å²) in [6.45, 7) is 0.918. The predicted octanol–water partition coefficient (Wildman–Crippen LogP) is 4.08. The average Bonchev–Trinajstić information content (AvgIpc) is 3.09. The van der Waals surface area contributed by atoms with Crippen molar-refractivity contribution in [1.29, 1.82) is 0 Å². The Morgan fingerprint density at radius 2 is 1.92 bits per heavy atom. The molecule has 5 nitrogen and oxygen atoms in total. The van der Waals surface area contributed by atoms with E-state index in [1.165, 1.54) is 22.5 Å². The van der Waals surface area contributed by atoms with Crippen molar-refractivity contribution >= 4 is 48.9 Å². The van der Waals surface area contributed by atoms with Gasteiger partial charge in [-0.15, -0.1) is 11.3 Å². The van der Waals surface area contributed by atoms with Crippen LogP contribution >= 0.6 is 27.3 Å². The summed E-state index contributed by atoms with van der Waals surface area (Å²) in [7, 11) is -3.72. The second kappa shape index (κ2) is 7.53. The molecule has 134 valence electrons. The quantitative estimate of drug-likeness (QED) is 0.769. The molecule has 1 aromatic carbocycles. The second-order valence-electron chi connectivity index (χ2n) is 5.66. The van der Waals surface area contributed by atoms with E-state index in [-0.39, 0.29) is 15.5 Å². The molecule has 0 spiro atoms. The first kappa shape index (κ1) is 18.5. The van der Waals surface area contributed by atoms with E-state index >= 15 is 0 Å². The minimum atomic E-state index is -3.72. The van der Waals surface area contributed by atoms with Crippen LogP contribution in [0.15, 0.2) is 39.0 Å². The molecule has 0 unspecified atom stereocenters. The topological polar surface area (TPSA) is 66.5 Å². The lowest BCUT2D eigenvalue weighted by Crippen LogP contribution is -2.36. The van der Waals surface area contributed by atoms with Gasteiger partial charge in [-0.05, 0) is 42.5 Å². The molecule has 1 amide bonds. The van der Waals surface area contributed by atoms with Crippen molar-refractivity contribution in [3.05, 3.63) is 44.8 Å². The molecule has 0 saturated carbocycles. The SMILES string of the molecule is O=C(Nc1ccc(Br)cc1F)c1sccc1S(=O)(=O)N1CCCCC1. The van der Waals surface area contributed by atoms with Gasteiger partial charge in [0.1, 0.15) is 15.6 Å². The number of nitrogens with zero attached hydrogens (tertiary/aromatic N) is 1. The number of benzene rings is 1. The minimum Gasteiger partial charge on any atom is -0.319 e. The van der Waals surface area contributed by atoms with E-state index < -0.39 is 21.7 Å². The van der Waals surface area contributed by atoms with E-state index in [0.29, 0.717) is 17.6 Å². The second-order valence-corrected chi connectivity index (χ2v) is 9.40. The van der Waals surface area contributed by atoms with Crippen molar-refractivity contribution in [3.8, 4) is 0 Å². The lowest BCUT2D eigenvalue weighted by molar-refractivity contribution is 0.102. The highest BCUT2D eigenvalue weighted by Crippen LogP contribution is 2.28. The maximum atomic E-state index is 13.9. The fourth-order valence-electron chi connectivity index (χ4n) is 2.68. The normalized spacial score (nSPS) is 15.9. The summed E-state index contributed by atoms with van der Waals surface area (Å²) < 4.78 is 41.5. The number of anilines is 1. The van der Waals surface area contributed by atoms with E-state index in [2.05, 4.69) is 21.2 Å². The number of rotatable bonds is 4. The van der Waals surface area contributed by atoms with Gasteiger partial charge in [0.15, 0.2) is 0 Å². The van der Waals surface area contributed by atoms with Crippen LogP contribution in [0, 0.1) is 5.82 Å². The molecular weight excluding hydrogens is 431 g/mol. The van der Waals surface area contributed by atoms with Crippen LogP contribution in [-0.2, 0) is 10.0 Å². The van der Waals surface area contributed by atoms with E-state index in [9.17, 15) is 17.6 Å². The van der Waals surface area contributed by atoms with Crippen LogP contribution in [0.3, 0.4) is 0 Å². The maximum absolute atomic E-state index is 13.9. The number of hydrogen-bond donors (Lipinski definition) is 1. The number of piperidine rings is 1. The van der Waals surface area contributed by atoms with E-state index in [0.717, 1.165) is 30.6 Å². The third kappa shape index (κ3) is 3.94. The van der Waals surface area contributed by atoms with Gasteiger partial charge in [-0.1, -0.05) is 22.4 Å². The first-order valence-corrected chi connectivity index (χ1v) is 10.8. The molecule has 0 bridgehead atoms. The average molecular weight is 447 g/mol. The van der Waals surface area contributed by atoms with Gasteiger partial charge < -0.3 is 5.32 Å². The summed E-state index contributed by atoms with van der Waals surface area (Å²) in [5.74, 6) is -1.23. The first-order chi connectivity index (χ1) is 11.9. The number of carbonyl (C=O) groups is 1. The van der Waals surface area contributed by atoms with Crippen molar-refractivity contribution in [2.45, 2.75) is 24.2 Å². The largest absolute Gasteiger partial charge is 0.319 e. The Kier molecular flexibility index (Phi) is 5.57. The van der Waals surface area contributed by atoms with Gasteiger partial charge in [-0.2, -0.15) is 4.31 Å². The third-order valence-corrected chi connectivity index (χ3v) is 7.42. The molecule has 1 aromatic heterocycles.